The van der Waals surface area contributed by atoms with Crippen molar-refractivity contribution < 1.29 is 14.3 Å². The van der Waals surface area contributed by atoms with E-state index in [1.807, 2.05) is 6.07 Å². The number of halogens is 2. The maximum absolute atomic E-state index is 12.8. The number of allylic oxidation sites excluding steroid dienone is 1. The fourth-order valence-corrected chi connectivity index (χ4v) is 4.50. The number of ether oxygens (including phenoxy) is 2. The summed E-state index contributed by atoms with van der Waals surface area (Å²) in [6.07, 6.45) is 1.76. The first-order valence-corrected chi connectivity index (χ1v) is 12.3. The van der Waals surface area contributed by atoms with Gasteiger partial charge in [-0.2, -0.15) is 0 Å². The lowest BCUT2D eigenvalue weighted by Crippen LogP contribution is -2.41. The molecule has 1 amide bonds. The van der Waals surface area contributed by atoms with Crippen LogP contribution < -0.4 is 26.8 Å². The number of morpholine rings is 1. The Morgan fingerprint density at radius 1 is 1.19 bits per heavy atom. The van der Waals surface area contributed by atoms with E-state index >= 15 is 0 Å². The quantitative estimate of drug-likeness (QED) is 0.429. The molecule has 0 aliphatic carbocycles. The largest absolute Gasteiger partial charge is 0.495 e. The molecule has 2 aromatic rings. The van der Waals surface area contributed by atoms with Crippen molar-refractivity contribution in [2.75, 3.05) is 51.8 Å². The van der Waals surface area contributed by atoms with E-state index in [2.05, 4.69) is 15.5 Å². The van der Waals surface area contributed by atoms with E-state index in [9.17, 15) is 4.79 Å². The summed E-state index contributed by atoms with van der Waals surface area (Å²) in [7, 11) is 1.55. The van der Waals surface area contributed by atoms with Crippen LogP contribution >= 0.6 is 23.2 Å². The molecule has 0 radical (unpaired) electrons. The van der Waals surface area contributed by atoms with Crippen LogP contribution in [0.3, 0.4) is 0 Å². The van der Waals surface area contributed by atoms with E-state index < -0.39 is 0 Å². The van der Waals surface area contributed by atoms with Crippen molar-refractivity contribution in [1.82, 2.24) is 15.1 Å². The first-order valence-electron chi connectivity index (χ1n) is 11.6. The highest BCUT2D eigenvalue weighted by Gasteiger charge is 2.21. The normalized spacial score (nSPS) is 16.6. The van der Waals surface area contributed by atoms with Crippen LogP contribution in [0.25, 0.3) is 0 Å². The molecule has 6 N–H and O–H groups in total. The molecule has 2 aromatic carbocycles. The van der Waals surface area contributed by atoms with Gasteiger partial charge in [-0.25, -0.2) is 0 Å². The molecule has 4 rings (SSSR count). The first kappa shape index (κ1) is 25.8. The van der Waals surface area contributed by atoms with Crippen LogP contribution in [0.2, 0.25) is 10.0 Å². The highest BCUT2D eigenvalue weighted by Crippen LogP contribution is 2.28. The lowest BCUT2D eigenvalue weighted by molar-refractivity contribution is 0.0302. The molecular formula is C25H30Cl2N6O3. The molecule has 0 unspecified atom stereocenters. The lowest BCUT2D eigenvalue weighted by Gasteiger charge is -2.32. The fraction of sp³-hybridized carbons (Fsp3) is 0.320. The van der Waals surface area contributed by atoms with Gasteiger partial charge in [0, 0.05) is 54.4 Å². The third kappa shape index (κ3) is 6.10. The minimum atomic E-state index is -0.0619. The molecule has 0 bridgehead atoms. The van der Waals surface area contributed by atoms with Crippen molar-refractivity contribution in [2.24, 2.45) is 11.5 Å². The number of amides is 1. The summed E-state index contributed by atoms with van der Waals surface area (Å²) in [5.74, 6) is 1.29. The van der Waals surface area contributed by atoms with Gasteiger partial charge in [0.1, 0.15) is 17.4 Å². The average Bonchev–Trinajstić information content (AvgIpc) is 2.88. The summed E-state index contributed by atoms with van der Waals surface area (Å²) in [6.45, 7) is 4.11. The van der Waals surface area contributed by atoms with Gasteiger partial charge in [-0.3, -0.25) is 4.79 Å². The second-order valence-electron chi connectivity index (χ2n) is 8.43. The highest BCUT2D eigenvalue weighted by atomic mass is 35.5. The Morgan fingerprint density at radius 2 is 1.97 bits per heavy atom. The van der Waals surface area contributed by atoms with E-state index in [4.69, 9.17) is 44.1 Å². The third-order valence-electron chi connectivity index (χ3n) is 6.00. The van der Waals surface area contributed by atoms with Crippen LogP contribution in [-0.2, 0) is 11.3 Å². The van der Waals surface area contributed by atoms with Gasteiger partial charge in [0.15, 0.2) is 0 Å². The summed E-state index contributed by atoms with van der Waals surface area (Å²) >= 11 is 12.6. The Kier molecular flexibility index (Phi) is 8.35. The number of nitrogens with one attached hydrogen (secondary N) is 2. The standard InChI is InChI=1S/C25H30Cl2N6O3/c1-35-22-13-16(25(34)32-8-10-36-11-9-32)2-5-20(22)31-23(28)14-21-24(29)30-6-7-33(21)15-17-12-18(26)3-4-19(17)27/h2-5,12-14,30-31H,6-11,15,28-29H2,1H3/b23-14+. The van der Waals surface area contributed by atoms with E-state index in [1.165, 1.54) is 0 Å². The predicted octanol–water partition coefficient (Wildman–Crippen LogP) is 2.92. The van der Waals surface area contributed by atoms with Gasteiger partial charge in [0.2, 0.25) is 0 Å². The second-order valence-corrected chi connectivity index (χ2v) is 9.27. The summed E-state index contributed by atoms with van der Waals surface area (Å²) in [5.41, 5.74) is 15.4. The fourth-order valence-electron chi connectivity index (χ4n) is 4.13. The summed E-state index contributed by atoms with van der Waals surface area (Å²) in [6, 6.07) is 10.6. The molecule has 2 heterocycles. The van der Waals surface area contributed by atoms with Crippen molar-refractivity contribution in [3.8, 4) is 5.75 Å². The SMILES string of the molecule is COc1cc(C(=O)N2CCOCC2)ccc1N/C(N)=C/C1=C(N)NCCN1Cc1cc(Cl)ccc1Cl. The first-order chi connectivity index (χ1) is 17.4. The van der Waals surface area contributed by atoms with E-state index in [0.29, 0.717) is 84.6 Å². The maximum Gasteiger partial charge on any atom is 0.254 e. The van der Waals surface area contributed by atoms with Crippen LogP contribution in [0.15, 0.2) is 59.8 Å². The Hall–Kier alpha value is -3.27. The molecule has 0 aromatic heterocycles. The van der Waals surface area contributed by atoms with Crippen LogP contribution in [0.5, 0.6) is 5.75 Å². The Labute approximate surface area is 220 Å². The molecule has 0 spiro atoms. The maximum atomic E-state index is 12.8. The smallest absolute Gasteiger partial charge is 0.254 e. The third-order valence-corrected chi connectivity index (χ3v) is 6.60. The minimum absolute atomic E-state index is 0.0619. The van der Waals surface area contributed by atoms with Gasteiger partial charge < -0.3 is 41.4 Å². The van der Waals surface area contributed by atoms with E-state index in [1.54, 1.807) is 48.4 Å². The number of benzene rings is 2. The van der Waals surface area contributed by atoms with E-state index in [-0.39, 0.29) is 5.91 Å². The van der Waals surface area contributed by atoms with Gasteiger partial charge in [0.25, 0.3) is 5.91 Å². The number of anilines is 1. The highest BCUT2D eigenvalue weighted by molar-refractivity contribution is 6.33. The van der Waals surface area contributed by atoms with Crippen LogP contribution in [0.4, 0.5) is 5.69 Å². The number of rotatable bonds is 7. The molecular weight excluding hydrogens is 503 g/mol. The number of carbonyl (C=O) groups excluding carboxylic acids is 1. The van der Waals surface area contributed by atoms with Gasteiger partial charge >= 0.3 is 0 Å². The van der Waals surface area contributed by atoms with E-state index in [0.717, 1.165) is 11.3 Å². The van der Waals surface area contributed by atoms with Gasteiger partial charge in [-0.1, -0.05) is 23.2 Å². The lowest BCUT2D eigenvalue weighted by atomic mass is 10.1. The van der Waals surface area contributed by atoms with Crippen molar-refractivity contribution in [2.45, 2.75) is 6.54 Å². The molecule has 11 heteroatoms. The number of nitrogens with two attached hydrogens (primary N) is 2. The number of nitrogens with zero attached hydrogens (tertiary/aromatic N) is 2. The van der Waals surface area contributed by atoms with Crippen LogP contribution in [0, 0.1) is 0 Å². The Morgan fingerprint density at radius 3 is 2.72 bits per heavy atom. The molecule has 1 fully saturated rings. The number of hydrogen-bond acceptors (Lipinski definition) is 8. The zero-order valence-electron chi connectivity index (χ0n) is 20.0. The van der Waals surface area contributed by atoms with Crippen LogP contribution in [-0.4, -0.2) is 62.2 Å². The molecule has 192 valence electrons. The van der Waals surface area contributed by atoms with Crippen molar-refractivity contribution in [3.63, 3.8) is 0 Å². The monoisotopic (exact) mass is 532 g/mol. The number of carbonyl (C=O) groups is 1. The summed E-state index contributed by atoms with van der Waals surface area (Å²) in [4.78, 5) is 16.7. The molecule has 0 atom stereocenters. The summed E-state index contributed by atoms with van der Waals surface area (Å²) in [5, 5.41) is 7.57. The molecule has 2 aliphatic rings. The zero-order chi connectivity index (χ0) is 25.7. The van der Waals surface area contributed by atoms with Gasteiger partial charge in [0.05, 0.1) is 31.7 Å². The molecule has 1 saturated heterocycles. The topological polar surface area (TPSA) is 118 Å². The Bertz CT molecular complexity index is 1180. The van der Waals surface area contributed by atoms with Crippen molar-refractivity contribution in [1.29, 1.82) is 0 Å². The average molecular weight is 533 g/mol. The molecule has 36 heavy (non-hydrogen) atoms. The molecule has 9 nitrogen and oxygen atoms in total. The number of methoxy groups -OCH3 is 1. The predicted molar refractivity (Wildman–Crippen MR) is 142 cm³/mol. The van der Waals surface area contributed by atoms with Crippen LogP contribution in [0.1, 0.15) is 15.9 Å². The Balaban J connectivity index is 1.52. The number of hydrogen-bond donors (Lipinski definition) is 4. The minimum Gasteiger partial charge on any atom is -0.495 e. The molecule has 0 saturated carbocycles. The van der Waals surface area contributed by atoms with Gasteiger partial charge in [-0.15, -0.1) is 0 Å². The van der Waals surface area contributed by atoms with Gasteiger partial charge in [-0.05, 0) is 42.0 Å². The molecule has 2 aliphatic heterocycles. The summed E-state index contributed by atoms with van der Waals surface area (Å²) < 4.78 is 10.9. The second kappa shape index (κ2) is 11.6. The van der Waals surface area contributed by atoms with Crippen molar-refractivity contribution in [3.05, 3.63) is 81.0 Å². The van der Waals surface area contributed by atoms with Crippen molar-refractivity contribution >= 4 is 34.8 Å². The zero-order valence-corrected chi connectivity index (χ0v) is 21.5.